The third-order valence-corrected chi connectivity index (χ3v) is 3.95. The molecular weight excluding hydrogens is 270 g/mol. The van der Waals surface area contributed by atoms with E-state index in [1.165, 1.54) is 20.9 Å². The molecule has 0 fully saturated rings. The smallest absolute Gasteiger partial charge is 0.0348 e. The summed E-state index contributed by atoms with van der Waals surface area (Å²) in [6, 6.07) is 10.6. The summed E-state index contributed by atoms with van der Waals surface area (Å²) >= 11 is 5.24. The first kappa shape index (κ1) is 10.9. The minimum atomic E-state index is 0.625. The molecule has 0 unspecified atom stereocenters. The van der Waals surface area contributed by atoms with E-state index in [2.05, 4.69) is 53.2 Å². The van der Waals surface area contributed by atoms with Gasteiger partial charge in [-0.1, -0.05) is 22.0 Å². The van der Waals surface area contributed by atoms with Gasteiger partial charge in [0, 0.05) is 20.8 Å². The monoisotopic (exact) mass is 281 g/mol. The number of hydrogen-bond donors (Lipinski definition) is 1. The van der Waals surface area contributed by atoms with Crippen LogP contribution >= 0.6 is 27.3 Å². The molecular formula is C12H12BrNS. The van der Waals surface area contributed by atoms with Gasteiger partial charge in [-0.05, 0) is 42.3 Å². The van der Waals surface area contributed by atoms with E-state index in [1.54, 1.807) is 11.3 Å². The van der Waals surface area contributed by atoms with Gasteiger partial charge >= 0.3 is 0 Å². The third-order valence-electron chi connectivity index (χ3n) is 2.32. The molecule has 1 aromatic heterocycles. The van der Waals surface area contributed by atoms with Crippen LogP contribution in [0.2, 0.25) is 0 Å². The fourth-order valence-electron chi connectivity index (χ4n) is 1.54. The van der Waals surface area contributed by atoms with E-state index in [1.807, 2.05) is 0 Å². The van der Waals surface area contributed by atoms with Gasteiger partial charge in [0.1, 0.15) is 0 Å². The van der Waals surface area contributed by atoms with Crippen LogP contribution in [0.15, 0.2) is 34.8 Å². The quantitative estimate of drug-likeness (QED) is 0.887. The molecule has 0 spiro atoms. The Morgan fingerprint density at radius 3 is 2.67 bits per heavy atom. The molecule has 2 aromatic rings. The van der Waals surface area contributed by atoms with Crippen molar-refractivity contribution in [1.29, 1.82) is 0 Å². The average molecular weight is 282 g/mol. The zero-order valence-corrected chi connectivity index (χ0v) is 10.9. The van der Waals surface area contributed by atoms with Crippen LogP contribution in [0.25, 0.3) is 10.4 Å². The van der Waals surface area contributed by atoms with Crippen LogP contribution in [0, 0.1) is 6.92 Å². The molecule has 0 aliphatic carbocycles. The number of benzene rings is 1. The maximum Gasteiger partial charge on any atom is 0.0348 e. The number of hydrogen-bond acceptors (Lipinski definition) is 2. The summed E-state index contributed by atoms with van der Waals surface area (Å²) in [7, 11) is 0. The fourth-order valence-corrected chi connectivity index (χ4v) is 2.99. The van der Waals surface area contributed by atoms with Crippen LogP contribution in [0.4, 0.5) is 0 Å². The van der Waals surface area contributed by atoms with E-state index in [0.717, 1.165) is 4.47 Å². The molecule has 1 aromatic carbocycles. The summed E-state index contributed by atoms with van der Waals surface area (Å²) in [6.07, 6.45) is 0. The standard InChI is InChI=1S/C12H12BrNS/c1-8-6-9(13)2-4-11(8)12-5-3-10(7-14)15-12/h2-6H,7,14H2,1H3. The number of halogens is 1. The van der Waals surface area contributed by atoms with Crippen molar-refractivity contribution < 1.29 is 0 Å². The van der Waals surface area contributed by atoms with Gasteiger partial charge < -0.3 is 5.73 Å². The molecule has 0 saturated carbocycles. The van der Waals surface area contributed by atoms with Crippen LogP contribution in [0.5, 0.6) is 0 Å². The lowest BCUT2D eigenvalue weighted by Gasteiger charge is -2.03. The van der Waals surface area contributed by atoms with Gasteiger partial charge in [-0.3, -0.25) is 0 Å². The van der Waals surface area contributed by atoms with Gasteiger partial charge in [0.05, 0.1) is 0 Å². The first-order chi connectivity index (χ1) is 7.20. The van der Waals surface area contributed by atoms with Crippen molar-refractivity contribution in [1.82, 2.24) is 0 Å². The van der Waals surface area contributed by atoms with E-state index in [-0.39, 0.29) is 0 Å². The molecule has 0 atom stereocenters. The Morgan fingerprint density at radius 2 is 2.07 bits per heavy atom. The summed E-state index contributed by atoms with van der Waals surface area (Å²) in [6.45, 7) is 2.75. The van der Waals surface area contributed by atoms with Gasteiger partial charge in [0.15, 0.2) is 0 Å². The summed E-state index contributed by atoms with van der Waals surface area (Å²) in [5.74, 6) is 0. The molecule has 1 heterocycles. The van der Waals surface area contributed by atoms with Crippen molar-refractivity contribution in [2.24, 2.45) is 5.73 Å². The second-order valence-corrected chi connectivity index (χ2v) is 5.51. The highest BCUT2D eigenvalue weighted by molar-refractivity contribution is 9.10. The van der Waals surface area contributed by atoms with Crippen molar-refractivity contribution in [3.8, 4) is 10.4 Å². The van der Waals surface area contributed by atoms with E-state index in [4.69, 9.17) is 5.73 Å². The first-order valence-corrected chi connectivity index (χ1v) is 6.37. The van der Waals surface area contributed by atoms with E-state index in [9.17, 15) is 0 Å². The molecule has 78 valence electrons. The van der Waals surface area contributed by atoms with Gasteiger partial charge in [-0.15, -0.1) is 11.3 Å². The van der Waals surface area contributed by atoms with Gasteiger partial charge in [-0.25, -0.2) is 0 Å². The number of aryl methyl sites for hydroxylation is 1. The SMILES string of the molecule is Cc1cc(Br)ccc1-c1ccc(CN)s1. The van der Waals surface area contributed by atoms with Crippen LogP contribution in [-0.4, -0.2) is 0 Å². The minimum Gasteiger partial charge on any atom is -0.326 e. The Hall–Kier alpha value is -0.640. The van der Waals surface area contributed by atoms with Crippen molar-refractivity contribution in [3.05, 3.63) is 45.2 Å². The summed E-state index contributed by atoms with van der Waals surface area (Å²) in [4.78, 5) is 2.52. The third kappa shape index (κ3) is 2.30. The van der Waals surface area contributed by atoms with Crippen LogP contribution in [0.1, 0.15) is 10.4 Å². The Kier molecular flexibility index (Phi) is 3.24. The molecule has 0 aliphatic rings. The molecule has 0 saturated heterocycles. The van der Waals surface area contributed by atoms with Crippen molar-refractivity contribution in [2.45, 2.75) is 13.5 Å². The molecule has 0 aliphatic heterocycles. The summed E-state index contributed by atoms with van der Waals surface area (Å²) in [5.41, 5.74) is 8.19. The first-order valence-electron chi connectivity index (χ1n) is 4.76. The van der Waals surface area contributed by atoms with Gasteiger partial charge in [0.25, 0.3) is 0 Å². The maximum atomic E-state index is 5.61. The average Bonchev–Trinajstić information content (AvgIpc) is 2.66. The Labute approximate surface area is 102 Å². The van der Waals surface area contributed by atoms with E-state index in [0.29, 0.717) is 6.54 Å². The van der Waals surface area contributed by atoms with E-state index >= 15 is 0 Å². The van der Waals surface area contributed by atoms with Crippen molar-refractivity contribution in [3.63, 3.8) is 0 Å². The normalized spacial score (nSPS) is 10.6. The van der Waals surface area contributed by atoms with Crippen molar-refractivity contribution >= 4 is 27.3 Å². The molecule has 2 rings (SSSR count). The highest BCUT2D eigenvalue weighted by atomic mass is 79.9. The molecule has 0 amide bonds. The summed E-state index contributed by atoms with van der Waals surface area (Å²) in [5, 5.41) is 0. The fraction of sp³-hybridized carbons (Fsp3) is 0.167. The molecule has 2 N–H and O–H groups in total. The minimum absolute atomic E-state index is 0.625. The molecule has 1 nitrogen and oxygen atoms in total. The maximum absolute atomic E-state index is 5.61. The molecule has 3 heteroatoms. The summed E-state index contributed by atoms with van der Waals surface area (Å²) < 4.78 is 1.12. The highest BCUT2D eigenvalue weighted by Gasteiger charge is 2.05. The second kappa shape index (κ2) is 4.47. The van der Waals surface area contributed by atoms with Crippen LogP contribution in [-0.2, 0) is 6.54 Å². The van der Waals surface area contributed by atoms with Crippen LogP contribution < -0.4 is 5.73 Å². The Bertz CT molecular complexity index is 476. The second-order valence-electron chi connectivity index (χ2n) is 3.43. The largest absolute Gasteiger partial charge is 0.326 e. The highest BCUT2D eigenvalue weighted by Crippen LogP contribution is 2.31. The number of thiophene rings is 1. The molecule has 0 radical (unpaired) electrons. The zero-order valence-electron chi connectivity index (χ0n) is 8.46. The number of rotatable bonds is 2. The topological polar surface area (TPSA) is 26.0 Å². The molecule has 0 bridgehead atoms. The Balaban J connectivity index is 2.44. The Morgan fingerprint density at radius 1 is 1.27 bits per heavy atom. The lowest BCUT2D eigenvalue weighted by molar-refractivity contribution is 1.11. The molecule has 15 heavy (non-hydrogen) atoms. The lowest BCUT2D eigenvalue weighted by Crippen LogP contribution is -1.91. The van der Waals surface area contributed by atoms with Gasteiger partial charge in [-0.2, -0.15) is 0 Å². The number of nitrogens with two attached hydrogens (primary N) is 1. The predicted molar refractivity (Wildman–Crippen MR) is 70.1 cm³/mol. The van der Waals surface area contributed by atoms with Crippen LogP contribution in [0.3, 0.4) is 0 Å². The van der Waals surface area contributed by atoms with Crippen molar-refractivity contribution in [2.75, 3.05) is 0 Å². The lowest BCUT2D eigenvalue weighted by atomic mass is 10.1. The van der Waals surface area contributed by atoms with Gasteiger partial charge in [0.2, 0.25) is 0 Å². The van der Waals surface area contributed by atoms with E-state index < -0.39 is 0 Å². The zero-order chi connectivity index (χ0) is 10.8. The predicted octanol–water partition coefficient (Wildman–Crippen LogP) is 3.94.